The topological polar surface area (TPSA) is 142 Å². The summed E-state index contributed by atoms with van der Waals surface area (Å²) in [5.41, 5.74) is 10.5. The number of nitrogens with zero attached hydrogens (tertiary/aromatic N) is 7. The highest BCUT2D eigenvalue weighted by molar-refractivity contribution is 6.37. The van der Waals surface area contributed by atoms with Crippen LogP contribution in [0.3, 0.4) is 0 Å². The fourth-order valence-electron chi connectivity index (χ4n) is 4.02. The van der Waals surface area contributed by atoms with E-state index < -0.39 is 0 Å². The molecule has 0 aliphatic carbocycles. The van der Waals surface area contributed by atoms with Gasteiger partial charge in [0.15, 0.2) is 0 Å². The van der Waals surface area contributed by atoms with Gasteiger partial charge >= 0.3 is 0 Å². The lowest BCUT2D eigenvalue weighted by atomic mass is 10.1. The van der Waals surface area contributed by atoms with Crippen molar-refractivity contribution < 1.29 is 0 Å². The molecule has 0 bridgehead atoms. The molecule has 3 aromatic rings. The first-order valence-corrected chi connectivity index (χ1v) is 11.2. The molecule has 4 rings (SSSR count). The van der Waals surface area contributed by atoms with E-state index in [-0.39, 0.29) is 12.0 Å². The van der Waals surface area contributed by atoms with Crippen molar-refractivity contribution in [1.29, 1.82) is 5.26 Å². The molecule has 0 radical (unpaired) electrons. The molecule has 1 fully saturated rings. The third-order valence-corrected chi connectivity index (χ3v) is 5.84. The van der Waals surface area contributed by atoms with E-state index >= 15 is 0 Å². The average molecular weight is 454 g/mol. The standard InChI is InChI=1S/C25H27N9/c1-17(34-10-2-3-11-34)21-9-5-8-20(30-21)15-29-16-24(33-28)23-13-22(31-25(27)32-23)19-7-4-6-18(12-19)14-26/h4-9,12-13,16-17H,2-3,10-11,15,28H2,1H3,(H2,27,31,32). The van der Waals surface area contributed by atoms with Crippen molar-refractivity contribution in [3.63, 3.8) is 0 Å². The van der Waals surface area contributed by atoms with Crippen molar-refractivity contribution in [2.24, 2.45) is 15.9 Å². The van der Waals surface area contributed by atoms with Crippen LogP contribution in [0.5, 0.6) is 0 Å². The second-order valence-corrected chi connectivity index (χ2v) is 8.15. The Balaban J connectivity index is 1.51. The monoisotopic (exact) mass is 453 g/mol. The maximum Gasteiger partial charge on any atom is 0.221 e. The lowest BCUT2D eigenvalue weighted by Crippen LogP contribution is -2.24. The summed E-state index contributed by atoms with van der Waals surface area (Å²) in [5, 5.41) is 13.0. The van der Waals surface area contributed by atoms with Crippen molar-refractivity contribution >= 4 is 17.9 Å². The molecule has 1 aliphatic rings. The number of hydrogen-bond acceptors (Lipinski definition) is 9. The predicted molar refractivity (Wildman–Crippen MR) is 133 cm³/mol. The number of likely N-dealkylation sites (tertiary alicyclic amines) is 1. The Labute approximate surface area is 198 Å². The van der Waals surface area contributed by atoms with E-state index in [1.807, 2.05) is 18.2 Å². The van der Waals surface area contributed by atoms with Gasteiger partial charge in [0.05, 0.1) is 47.2 Å². The molecule has 3 heterocycles. The summed E-state index contributed by atoms with van der Waals surface area (Å²) in [4.78, 5) is 20.3. The van der Waals surface area contributed by atoms with Gasteiger partial charge in [-0.2, -0.15) is 10.4 Å². The molecule has 9 heteroatoms. The van der Waals surface area contributed by atoms with Crippen LogP contribution in [0.4, 0.5) is 5.95 Å². The van der Waals surface area contributed by atoms with Gasteiger partial charge in [-0.1, -0.05) is 18.2 Å². The molecule has 1 aliphatic heterocycles. The lowest BCUT2D eigenvalue weighted by Gasteiger charge is -2.23. The molecule has 0 saturated carbocycles. The number of rotatable bonds is 7. The number of aromatic nitrogens is 3. The second-order valence-electron chi connectivity index (χ2n) is 8.15. The van der Waals surface area contributed by atoms with E-state index in [2.05, 4.69) is 44.0 Å². The number of pyridine rings is 1. The molecular formula is C25H27N9. The zero-order chi connectivity index (χ0) is 23.9. The number of aliphatic imine (C=N–C) groups is 1. The Kier molecular flexibility index (Phi) is 7.20. The normalized spacial score (nSPS) is 15.5. The fraction of sp³-hybridized carbons (Fsp3) is 0.280. The minimum absolute atomic E-state index is 0.0784. The second kappa shape index (κ2) is 10.6. The third kappa shape index (κ3) is 5.42. The third-order valence-electron chi connectivity index (χ3n) is 5.84. The highest BCUT2D eigenvalue weighted by Gasteiger charge is 2.20. The lowest BCUT2D eigenvalue weighted by molar-refractivity contribution is 0.258. The zero-order valence-electron chi connectivity index (χ0n) is 19.1. The van der Waals surface area contributed by atoms with Gasteiger partial charge in [-0.05, 0) is 63.2 Å². The number of hydrazone groups is 1. The van der Waals surface area contributed by atoms with E-state index in [9.17, 15) is 5.26 Å². The molecular weight excluding hydrogens is 426 g/mol. The van der Waals surface area contributed by atoms with Crippen LogP contribution in [0.15, 0.2) is 58.6 Å². The number of hydrogen-bond donors (Lipinski definition) is 2. The summed E-state index contributed by atoms with van der Waals surface area (Å²) in [6, 6.07) is 17.3. The number of nitriles is 1. The molecule has 1 atom stereocenters. The smallest absolute Gasteiger partial charge is 0.221 e. The summed E-state index contributed by atoms with van der Waals surface area (Å²) in [6.45, 7) is 4.82. The van der Waals surface area contributed by atoms with Gasteiger partial charge in [-0.15, -0.1) is 0 Å². The number of anilines is 1. The van der Waals surface area contributed by atoms with E-state index in [1.54, 1.807) is 30.5 Å². The van der Waals surface area contributed by atoms with Gasteiger partial charge < -0.3 is 11.6 Å². The van der Waals surface area contributed by atoms with Crippen molar-refractivity contribution in [3.8, 4) is 17.3 Å². The van der Waals surface area contributed by atoms with E-state index in [0.717, 1.165) is 30.0 Å². The molecule has 4 N–H and O–H groups in total. The molecule has 9 nitrogen and oxygen atoms in total. The Bertz CT molecular complexity index is 1250. The Hall–Kier alpha value is -4.16. The largest absolute Gasteiger partial charge is 0.368 e. The first-order valence-electron chi connectivity index (χ1n) is 11.2. The zero-order valence-corrected chi connectivity index (χ0v) is 19.1. The highest BCUT2D eigenvalue weighted by atomic mass is 15.2. The van der Waals surface area contributed by atoms with Crippen LogP contribution >= 0.6 is 0 Å². The van der Waals surface area contributed by atoms with E-state index in [4.69, 9.17) is 16.6 Å². The summed E-state index contributed by atoms with van der Waals surface area (Å²) in [5.74, 6) is 5.71. The van der Waals surface area contributed by atoms with Crippen molar-refractivity contribution in [1.82, 2.24) is 19.9 Å². The minimum Gasteiger partial charge on any atom is -0.368 e. The maximum absolute atomic E-state index is 9.17. The van der Waals surface area contributed by atoms with Crippen LogP contribution in [-0.2, 0) is 6.54 Å². The fourth-order valence-corrected chi connectivity index (χ4v) is 4.02. The van der Waals surface area contributed by atoms with Crippen molar-refractivity contribution in [2.75, 3.05) is 18.8 Å². The highest BCUT2D eigenvalue weighted by Crippen LogP contribution is 2.23. The van der Waals surface area contributed by atoms with Crippen LogP contribution in [-0.4, -0.2) is 44.9 Å². The predicted octanol–water partition coefficient (Wildman–Crippen LogP) is 3.08. The first kappa shape index (κ1) is 23.0. The Morgan fingerprint density at radius 2 is 1.94 bits per heavy atom. The van der Waals surface area contributed by atoms with Gasteiger partial charge in [-0.25, -0.2) is 9.97 Å². The van der Waals surface area contributed by atoms with Crippen molar-refractivity contribution in [2.45, 2.75) is 32.4 Å². The van der Waals surface area contributed by atoms with Crippen LogP contribution < -0.4 is 11.6 Å². The number of benzene rings is 1. The molecule has 1 unspecified atom stereocenters. The molecule has 172 valence electrons. The van der Waals surface area contributed by atoms with Crippen LogP contribution in [0, 0.1) is 11.3 Å². The van der Waals surface area contributed by atoms with Crippen LogP contribution in [0.25, 0.3) is 11.3 Å². The summed E-state index contributed by atoms with van der Waals surface area (Å²) in [7, 11) is 0. The molecule has 1 saturated heterocycles. The van der Waals surface area contributed by atoms with Crippen molar-refractivity contribution in [3.05, 3.63) is 71.2 Å². The van der Waals surface area contributed by atoms with E-state index in [0.29, 0.717) is 29.2 Å². The molecule has 0 spiro atoms. The summed E-state index contributed by atoms with van der Waals surface area (Å²) >= 11 is 0. The van der Waals surface area contributed by atoms with Gasteiger partial charge in [0.1, 0.15) is 5.71 Å². The molecule has 0 amide bonds. The summed E-state index contributed by atoms with van der Waals surface area (Å²) < 4.78 is 0. The number of nitrogens with two attached hydrogens (primary N) is 2. The van der Waals surface area contributed by atoms with Crippen LogP contribution in [0.1, 0.15) is 48.5 Å². The first-order chi connectivity index (χ1) is 16.6. The molecule has 2 aromatic heterocycles. The Morgan fingerprint density at radius 1 is 1.15 bits per heavy atom. The van der Waals surface area contributed by atoms with E-state index in [1.165, 1.54) is 12.8 Å². The van der Waals surface area contributed by atoms with Crippen LogP contribution in [0.2, 0.25) is 0 Å². The minimum atomic E-state index is 0.0784. The SMILES string of the molecule is CC(c1cccc(CN=CC(=NN)c2cc(-c3cccc(C#N)c3)nc(N)n2)n1)N1CCCC1. The molecule has 1 aromatic carbocycles. The Morgan fingerprint density at radius 3 is 2.71 bits per heavy atom. The quantitative estimate of drug-likeness (QED) is 0.318. The van der Waals surface area contributed by atoms with Gasteiger partial charge in [0, 0.05) is 11.6 Å². The summed E-state index contributed by atoms with van der Waals surface area (Å²) in [6.07, 6.45) is 4.05. The average Bonchev–Trinajstić information content (AvgIpc) is 3.41. The number of nitrogen functional groups attached to an aromatic ring is 1. The van der Waals surface area contributed by atoms with Gasteiger partial charge in [0.25, 0.3) is 0 Å². The van der Waals surface area contributed by atoms with Gasteiger partial charge in [0.2, 0.25) is 5.95 Å². The molecule has 34 heavy (non-hydrogen) atoms. The van der Waals surface area contributed by atoms with Gasteiger partial charge in [-0.3, -0.25) is 14.9 Å². The maximum atomic E-state index is 9.17.